The summed E-state index contributed by atoms with van der Waals surface area (Å²) < 4.78 is 1.38. The van der Waals surface area contributed by atoms with E-state index in [1.54, 1.807) is 13.2 Å². The maximum absolute atomic E-state index is 11.2. The highest BCUT2D eigenvalue weighted by atomic mass is 16.1. The van der Waals surface area contributed by atoms with Gasteiger partial charge in [-0.25, -0.2) is 4.79 Å². The van der Waals surface area contributed by atoms with Gasteiger partial charge >= 0.3 is 5.69 Å². The molecule has 2 heterocycles. The second-order valence-corrected chi connectivity index (χ2v) is 3.21. The highest BCUT2D eigenvalue weighted by molar-refractivity contribution is 5.76. The first kappa shape index (κ1) is 8.68. The number of aryl methyl sites for hydroxylation is 2. The maximum atomic E-state index is 11.2. The summed E-state index contributed by atoms with van der Waals surface area (Å²) >= 11 is 0. The van der Waals surface area contributed by atoms with Crippen molar-refractivity contribution in [1.29, 1.82) is 0 Å². The number of hydrogen-bond donors (Lipinski definition) is 1. The number of hydrogen-bond acceptors (Lipinski definition) is 3. The van der Waals surface area contributed by atoms with Crippen LogP contribution < -0.4 is 11.2 Å². The predicted octanol–water partition coefficient (Wildman–Crippen LogP) is -0.0698. The molecule has 2 aromatic rings. The molecule has 0 bridgehead atoms. The SMILES string of the molecule is Cc1cc(=O)[nH]c2nc(=O)n(C)cc12. The van der Waals surface area contributed by atoms with Crippen molar-refractivity contribution in [1.82, 2.24) is 14.5 Å². The number of pyridine rings is 1. The van der Waals surface area contributed by atoms with Gasteiger partial charge in [0.15, 0.2) is 0 Å². The highest BCUT2D eigenvalue weighted by Gasteiger charge is 2.02. The van der Waals surface area contributed by atoms with Gasteiger partial charge in [-0.15, -0.1) is 0 Å². The number of fused-ring (bicyclic) bond motifs is 1. The average Bonchev–Trinajstić information content (AvgIpc) is 2.08. The Hall–Kier alpha value is -1.91. The van der Waals surface area contributed by atoms with E-state index in [2.05, 4.69) is 9.97 Å². The number of H-pyrrole nitrogens is 1. The van der Waals surface area contributed by atoms with Gasteiger partial charge in [-0.2, -0.15) is 4.98 Å². The fourth-order valence-corrected chi connectivity index (χ4v) is 1.36. The van der Waals surface area contributed by atoms with Gasteiger partial charge in [0, 0.05) is 24.7 Å². The van der Waals surface area contributed by atoms with E-state index in [-0.39, 0.29) is 11.2 Å². The fourth-order valence-electron chi connectivity index (χ4n) is 1.36. The number of nitrogens with one attached hydrogen (secondary N) is 1. The molecule has 14 heavy (non-hydrogen) atoms. The minimum absolute atomic E-state index is 0.240. The Morgan fingerprint density at radius 1 is 1.43 bits per heavy atom. The summed E-state index contributed by atoms with van der Waals surface area (Å²) in [5.41, 5.74) is 0.541. The van der Waals surface area contributed by atoms with Crippen molar-refractivity contribution < 1.29 is 0 Å². The minimum Gasteiger partial charge on any atom is -0.306 e. The summed E-state index contributed by atoms with van der Waals surface area (Å²) in [4.78, 5) is 28.5. The molecular weight excluding hydrogens is 182 g/mol. The summed E-state index contributed by atoms with van der Waals surface area (Å²) in [6, 6.07) is 1.48. The van der Waals surface area contributed by atoms with Gasteiger partial charge in [-0.3, -0.25) is 4.79 Å². The molecule has 2 aromatic heterocycles. The van der Waals surface area contributed by atoms with E-state index < -0.39 is 0 Å². The largest absolute Gasteiger partial charge is 0.349 e. The standard InChI is InChI=1S/C9H9N3O2/c1-5-3-7(13)10-8-6(5)4-12(2)9(14)11-8/h3-4H,1-2H3,(H,10,11,13,14). The Kier molecular flexibility index (Phi) is 1.73. The first-order chi connectivity index (χ1) is 6.58. The van der Waals surface area contributed by atoms with Crippen molar-refractivity contribution in [3.63, 3.8) is 0 Å². The topological polar surface area (TPSA) is 67.8 Å². The van der Waals surface area contributed by atoms with Crippen LogP contribution in [0.15, 0.2) is 21.9 Å². The average molecular weight is 191 g/mol. The van der Waals surface area contributed by atoms with E-state index in [4.69, 9.17) is 0 Å². The molecule has 0 aliphatic rings. The molecule has 0 aliphatic heterocycles. The molecule has 2 rings (SSSR count). The number of rotatable bonds is 0. The molecule has 0 spiro atoms. The molecule has 0 unspecified atom stereocenters. The normalized spacial score (nSPS) is 10.7. The van der Waals surface area contributed by atoms with Gasteiger partial charge in [-0.1, -0.05) is 0 Å². The molecular formula is C9H9N3O2. The van der Waals surface area contributed by atoms with Gasteiger partial charge in [0.1, 0.15) is 5.65 Å². The van der Waals surface area contributed by atoms with Crippen molar-refractivity contribution in [2.24, 2.45) is 7.05 Å². The first-order valence-electron chi connectivity index (χ1n) is 4.15. The van der Waals surface area contributed by atoms with E-state index in [9.17, 15) is 9.59 Å². The van der Waals surface area contributed by atoms with Crippen LogP contribution in [0, 0.1) is 6.92 Å². The molecule has 0 saturated carbocycles. The Labute approximate surface area is 79.0 Å². The molecule has 5 nitrogen and oxygen atoms in total. The quantitative estimate of drug-likeness (QED) is 0.633. The van der Waals surface area contributed by atoms with Crippen molar-refractivity contribution in [2.75, 3.05) is 0 Å². The summed E-state index contributed by atoms with van der Waals surface area (Å²) in [5.74, 6) is 0. The summed E-state index contributed by atoms with van der Waals surface area (Å²) in [7, 11) is 1.62. The lowest BCUT2D eigenvalue weighted by atomic mass is 10.2. The van der Waals surface area contributed by atoms with Gasteiger partial charge in [0.2, 0.25) is 5.56 Å². The predicted molar refractivity (Wildman–Crippen MR) is 52.3 cm³/mol. The molecule has 0 aromatic carbocycles. The number of aromatic amines is 1. The molecule has 5 heteroatoms. The van der Waals surface area contributed by atoms with Gasteiger partial charge in [0.25, 0.3) is 0 Å². The fraction of sp³-hybridized carbons (Fsp3) is 0.222. The van der Waals surface area contributed by atoms with Crippen molar-refractivity contribution in [3.05, 3.63) is 38.7 Å². The maximum Gasteiger partial charge on any atom is 0.349 e. The number of aromatic nitrogens is 3. The van der Waals surface area contributed by atoms with Crippen LogP contribution in [-0.2, 0) is 7.05 Å². The van der Waals surface area contributed by atoms with E-state index in [1.807, 2.05) is 6.92 Å². The Bertz CT molecular complexity index is 609. The van der Waals surface area contributed by atoms with Crippen molar-refractivity contribution in [3.8, 4) is 0 Å². The summed E-state index contributed by atoms with van der Waals surface area (Å²) in [6.45, 7) is 1.81. The van der Waals surface area contributed by atoms with Crippen LogP contribution >= 0.6 is 0 Å². The van der Waals surface area contributed by atoms with E-state index in [0.29, 0.717) is 5.65 Å². The monoisotopic (exact) mass is 191 g/mol. The van der Waals surface area contributed by atoms with E-state index >= 15 is 0 Å². The molecule has 0 saturated heterocycles. The third-order valence-corrected chi connectivity index (χ3v) is 2.10. The molecule has 0 atom stereocenters. The zero-order valence-corrected chi connectivity index (χ0v) is 7.87. The highest BCUT2D eigenvalue weighted by Crippen LogP contribution is 2.08. The third-order valence-electron chi connectivity index (χ3n) is 2.10. The van der Waals surface area contributed by atoms with Crippen LogP contribution in [0.5, 0.6) is 0 Å². The molecule has 0 amide bonds. The second kappa shape index (κ2) is 2.80. The molecule has 1 N–H and O–H groups in total. The van der Waals surface area contributed by atoms with E-state index in [0.717, 1.165) is 10.9 Å². The lowest BCUT2D eigenvalue weighted by molar-refractivity contribution is 0.822. The van der Waals surface area contributed by atoms with Crippen molar-refractivity contribution in [2.45, 2.75) is 6.92 Å². The zero-order chi connectivity index (χ0) is 10.3. The molecule has 0 fully saturated rings. The Morgan fingerprint density at radius 2 is 2.14 bits per heavy atom. The summed E-state index contributed by atoms with van der Waals surface area (Å²) in [5, 5.41) is 0.784. The van der Waals surface area contributed by atoms with Crippen LogP contribution in [0.4, 0.5) is 0 Å². The Morgan fingerprint density at radius 3 is 2.86 bits per heavy atom. The van der Waals surface area contributed by atoms with Crippen LogP contribution in [0.3, 0.4) is 0 Å². The van der Waals surface area contributed by atoms with Crippen LogP contribution in [0.25, 0.3) is 11.0 Å². The minimum atomic E-state index is -0.376. The van der Waals surface area contributed by atoms with E-state index in [1.165, 1.54) is 10.6 Å². The number of nitrogens with zero attached hydrogens (tertiary/aromatic N) is 2. The lowest BCUT2D eigenvalue weighted by Crippen LogP contribution is -2.21. The summed E-state index contributed by atoms with van der Waals surface area (Å²) in [6.07, 6.45) is 1.66. The molecule has 72 valence electrons. The van der Waals surface area contributed by atoms with Crippen LogP contribution in [0.2, 0.25) is 0 Å². The van der Waals surface area contributed by atoms with Crippen molar-refractivity contribution >= 4 is 11.0 Å². The van der Waals surface area contributed by atoms with Crippen LogP contribution in [-0.4, -0.2) is 14.5 Å². The van der Waals surface area contributed by atoms with Gasteiger partial charge < -0.3 is 9.55 Å². The van der Waals surface area contributed by atoms with Crippen LogP contribution in [0.1, 0.15) is 5.56 Å². The smallest absolute Gasteiger partial charge is 0.306 e. The van der Waals surface area contributed by atoms with Gasteiger partial charge in [-0.05, 0) is 12.5 Å². The Balaban J connectivity index is 3.03. The molecule has 0 radical (unpaired) electrons. The lowest BCUT2D eigenvalue weighted by Gasteiger charge is -2.01. The second-order valence-electron chi connectivity index (χ2n) is 3.21. The molecule has 0 aliphatic carbocycles. The zero-order valence-electron chi connectivity index (χ0n) is 7.87. The third kappa shape index (κ3) is 1.22. The van der Waals surface area contributed by atoms with Gasteiger partial charge in [0.05, 0.1) is 0 Å². The first-order valence-corrected chi connectivity index (χ1v) is 4.15.